The third kappa shape index (κ3) is 3.53. The molecule has 8 heteroatoms. The second-order valence-corrected chi connectivity index (χ2v) is 9.14. The summed E-state index contributed by atoms with van der Waals surface area (Å²) in [7, 11) is 0. The Morgan fingerprint density at radius 1 is 1.20 bits per heavy atom. The van der Waals surface area contributed by atoms with Crippen LogP contribution in [0.5, 0.6) is 0 Å². The van der Waals surface area contributed by atoms with E-state index >= 15 is 0 Å². The van der Waals surface area contributed by atoms with Crippen molar-refractivity contribution in [2.45, 2.75) is 38.8 Å². The molecule has 1 atom stereocenters. The molecule has 0 radical (unpaired) electrons. The average Bonchev–Trinajstić information content (AvgIpc) is 3.24. The van der Waals surface area contributed by atoms with Gasteiger partial charge >= 0.3 is 0 Å². The highest BCUT2D eigenvalue weighted by Gasteiger charge is 2.24. The van der Waals surface area contributed by atoms with Crippen LogP contribution in [0.3, 0.4) is 0 Å². The molecule has 0 bridgehead atoms. The summed E-state index contributed by atoms with van der Waals surface area (Å²) in [6.45, 7) is 7.20. The molecule has 2 aliphatic heterocycles. The van der Waals surface area contributed by atoms with Crippen LogP contribution in [-0.2, 0) is 13.0 Å². The second-order valence-electron chi connectivity index (χ2n) is 8.19. The van der Waals surface area contributed by atoms with Crippen molar-refractivity contribution in [3.05, 3.63) is 51.1 Å². The highest BCUT2D eigenvalue weighted by atomic mass is 32.1. The lowest BCUT2D eigenvalue weighted by atomic mass is 10.1. The van der Waals surface area contributed by atoms with E-state index in [1.165, 1.54) is 10.1 Å². The number of pyridine rings is 1. The number of piperazine rings is 1. The topological polar surface area (TPSA) is 74.5 Å². The highest BCUT2D eigenvalue weighted by molar-refractivity contribution is 7.17. The number of aliphatic hydroxyl groups excluding tert-OH is 1. The number of aryl methyl sites for hydroxylation is 1. The summed E-state index contributed by atoms with van der Waals surface area (Å²) in [5, 5.41) is 13.5. The van der Waals surface area contributed by atoms with Crippen molar-refractivity contribution in [2.75, 3.05) is 37.6 Å². The van der Waals surface area contributed by atoms with Gasteiger partial charge < -0.3 is 10.0 Å². The van der Waals surface area contributed by atoms with E-state index in [0.717, 1.165) is 56.2 Å². The largest absolute Gasteiger partial charge is 0.385 e. The molecule has 0 aliphatic carbocycles. The molecule has 0 spiro atoms. The third-order valence-electron chi connectivity index (χ3n) is 6.36. The van der Waals surface area contributed by atoms with Crippen LogP contribution < -0.4 is 10.5 Å². The van der Waals surface area contributed by atoms with Crippen LogP contribution in [0.2, 0.25) is 0 Å². The van der Waals surface area contributed by atoms with Crippen LogP contribution in [0.4, 0.5) is 5.82 Å². The number of hydrogen-bond donors (Lipinski definition) is 1. The molecule has 1 saturated heterocycles. The lowest BCUT2D eigenvalue weighted by Crippen LogP contribution is -2.47. The van der Waals surface area contributed by atoms with E-state index in [4.69, 9.17) is 0 Å². The molecule has 30 heavy (non-hydrogen) atoms. The molecule has 2 aliphatic rings. The van der Waals surface area contributed by atoms with E-state index in [9.17, 15) is 9.90 Å². The first-order valence-corrected chi connectivity index (χ1v) is 11.6. The van der Waals surface area contributed by atoms with Crippen molar-refractivity contribution in [1.29, 1.82) is 0 Å². The summed E-state index contributed by atoms with van der Waals surface area (Å²) in [6, 6.07) is 4.23. The standard InChI is InChI=1S/C22H27N5O2S/c1-15-16(22(29)27-8-2-3-18(28)21(27)24-15)5-9-25-10-12-26(13-11-25)20-17-6-14-30-19(17)4-7-23-20/h4,6-7,14,18,28H,2-3,5,8-13H2,1H3. The molecule has 3 aromatic rings. The molecule has 1 unspecified atom stereocenters. The first-order chi connectivity index (χ1) is 14.6. The minimum absolute atomic E-state index is 0.0308. The third-order valence-corrected chi connectivity index (χ3v) is 7.25. The number of thiophene rings is 1. The Morgan fingerprint density at radius 3 is 2.87 bits per heavy atom. The van der Waals surface area contributed by atoms with Crippen molar-refractivity contribution in [1.82, 2.24) is 19.4 Å². The molecule has 1 N–H and O–H groups in total. The summed E-state index contributed by atoms with van der Waals surface area (Å²) in [5.74, 6) is 1.62. The van der Waals surface area contributed by atoms with Crippen LogP contribution >= 0.6 is 11.3 Å². The van der Waals surface area contributed by atoms with E-state index in [-0.39, 0.29) is 5.56 Å². The van der Waals surface area contributed by atoms with E-state index in [1.807, 2.05) is 13.1 Å². The molecule has 1 fully saturated rings. The summed E-state index contributed by atoms with van der Waals surface area (Å²) >= 11 is 1.75. The Morgan fingerprint density at radius 2 is 2.03 bits per heavy atom. The zero-order valence-corrected chi connectivity index (χ0v) is 18.1. The number of anilines is 1. The van der Waals surface area contributed by atoms with Crippen molar-refractivity contribution < 1.29 is 5.11 Å². The van der Waals surface area contributed by atoms with E-state index in [1.54, 1.807) is 15.9 Å². The molecular weight excluding hydrogens is 398 g/mol. The number of hydrogen-bond acceptors (Lipinski definition) is 7. The summed E-state index contributed by atoms with van der Waals surface area (Å²) in [4.78, 5) is 27.0. The Hall–Kier alpha value is -2.29. The van der Waals surface area contributed by atoms with E-state index < -0.39 is 6.10 Å². The van der Waals surface area contributed by atoms with Gasteiger partial charge in [-0.15, -0.1) is 11.3 Å². The van der Waals surface area contributed by atoms with Gasteiger partial charge in [0.05, 0.1) is 0 Å². The highest BCUT2D eigenvalue weighted by Crippen LogP contribution is 2.29. The van der Waals surface area contributed by atoms with Gasteiger partial charge in [-0.3, -0.25) is 14.3 Å². The van der Waals surface area contributed by atoms with Gasteiger partial charge in [-0.25, -0.2) is 9.97 Å². The van der Waals surface area contributed by atoms with Crippen molar-refractivity contribution in [3.63, 3.8) is 0 Å². The van der Waals surface area contributed by atoms with Crippen molar-refractivity contribution >= 4 is 27.2 Å². The first kappa shape index (κ1) is 19.7. The van der Waals surface area contributed by atoms with Crippen LogP contribution in [-0.4, -0.2) is 57.3 Å². The van der Waals surface area contributed by atoms with Crippen molar-refractivity contribution in [2.24, 2.45) is 0 Å². The van der Waals surface area contributed by atoms with Crippen LogP contribution in [0.1, 0.15) is 36.0 Å². The molecule has 5 heterocycles. The molecule has 0 amide bonds. The van der Waals surface area contributed by atoms with Gasteiger partial charge in [0.25, 0.3) is 5.56 Å². The van der Waals surface area contributed by atoms with Crippen LogP contribution in [0, 0.1) is 6.92 Å². The average molecular weight is 426 g/mol. The molecule has 5 rings (SSSR count). The Balaban J connectivity index is 1.25. The lowest BCUT2D eigenvalue weighted by Gasteiger charge is -2.35. The fourth-order valence-electron chi connectivity index (χ4n) is 4.64. The maximum atomic E-state index is 13.0. The minimum Gasteiger partial charge on any atom is -0.385 e. The summed E-state index contributed by atoms with van der Waals surface area (Å²) < 4.78 is 2.96. The fraction of sp³-hybridized carbons (Fsp3) is 0.500. The summed E-state index contributed by atoms with van der Waals surface area (Å²) in [6.07, 6.45) is 3.49. The van der Waals surface area contributed by atoms with Gasteiger partial charge in [-0.1, -0.05) is 0 Å². The van der Waals surface area contributed by atoms with Crippen molar-refractivity contribution in [3.8, 4) is 0 Å². The number of aromatic nitrogens is 3. The molecule has 0 saturated carbocycles. The molecule has 3 aromatic heterocycles. The predicted octanol–water partition coefficient (Wildman–Crippen LogP) is 2.35. The van der Waals surface area contributed by atoms with Crippen LogP contribution in [0.15, 0.2) is 28.5 Å². The monoisotopic (exact) mass is 425 g/mol. The lowest BCUT2D eigenvalue weighted by molar-refractivity contribution is 0.129. The van der Waals surface area contributed by atoms with Gasteiger partial charge in [0.1, 0.15) is 17.7 Å². The smallest absolute Gasteiger partial charge is 0.257 e. The zero-order chi connectivity index (χ0) is 20.7. The molecule has 0 aromatic carbocycles. The van der Waals surface area contributed by atoms with E-state index in [0.29, 0.717) is 25.2 Å². The molecule has 158 valence electrons. The quantitative estimate of drug-likeness (QED) is 0.692. The second kappa shape index (κ2) is 8.09. The number of aliphatic hydroxyl groups is 1. The van der Waals surface area contributed by atoms with Gasteiger partial charge in [0.2, 0.25) is 0 Å². The maximum Gasteiger partial charge on any atom is 0.257 e. The Bertz CT molecular complexity index is 1120. The molecule has 7 nitrogen and oxygen atoms in total. The summed E-state index contributed by atoms with van der Waals surface area (Å²) in [5.41, 5.74) is 1.59. The normalized spacial score (nSPS) is 19.9. The first-order valence-electron chi connectivity index (χ1n) is 10.7. The zero-order valence-electron chi connectivity index (χ0n) is 17.3. The maximum absolute atomic E-state index is 13.0. The van der Waals surface area contributed by atoms with Gasteiger partial charge in [-0.05, 0) is 43.7 Å². The van der Waals surface area contributed by atoms with Crippen LogP contribution in [0.25, 0.3) is 10.1 Å². The van der Waals surface area contributed by atoms with Gasteiger partial charge in [0, 0.05) is 66.8 Å². The number of nitrogens with zero attached hydrogens (tertiary/aromatic N) is 5. The Kier molecular flexibility index (Phi) is 5.30. The molecular formula is C22H27N5O2S. The number of fused-ring (bicyclic) bond motifs is 2. The predicted molar refractivity (Wildman–Crippen MR) is 119 cm³/mol. The minimum atomic E-state index is -0.617. The van der Waals surface area contributed by atoms with E-state index in [2.05, 4.69) is 37.3 Å². The fourth-order valence-corrected chi connectivity index (χ4v) is 5.41. The SMILES string of the molecule is Cc1nc2n(c(=O)c1CCN1CCN(c3nccc4sccc34)CC1)CCCC2O. The number of rotatable bonds is 4. The van der Waals surface area contributed by atoms with Gasteiger partial charge in [0.15, 0.2) is 0 Å². The van der Waals surface area contributed by atoms with Gasteiger partial charge in [-0.2, -0.15) is 0 Å². The Labute approximate surface area is 179 Å².